The van der Waals surface area contributed by atoms with E-state index in [4.69, 9.17) is 11.5 Å². The smallest absolute Gasteiger partial charge is 0.400 e. The molecule has 0 aliphatic carbocycles. The number of hydrogen-bond acceptors (Lipinski definition) is 6. The van der Waals surface area contributed by atoms with Gasteiger partial charge in [-0.05, 0) is 19.4 Å². The normalized spacial score (nSPS) is 19.8. The third-order valence-corrected chi connectivity index (χ3v) is 1.68. The second kappa shape index (κ2) is 3.71. The summed E-state index contributed by atoms with van der Waals surface area (Å²) in [5, 5.41) is 0. The summed E-state index contributed by atoms with van der Waals surface area (Å²) in [4.78, 5) is 21.2. The van der Waals surface area contributed by atoms with Gasteiger partial charge in [-0.15, -0.1) is 0 Å². The monoisotopic (exact) mass is 188 g/mol. The fourth-order valence-electron chi connectivity index (χ4n) is 1.04. The van der Waals surface area contributed by atoms with Crippen molar-refractivity contribution < 1.29 is 19.1 Å². The molecular formula is C7H12N2O4. The van der Waals surface area contributed by atoms with Crippen LogP contribution in [0.1, 0.15) is 19.3 Å². The van der Waals surface area contributed by atoms with Crippen molar-refractivity contribution in [2.75, 3.05) is 6.54 Å². The van der Waals surface area contributed by atoms with Crippen molar-refractivity contribution in [3.05, 3.63) is 0 Å². The maximum absolute atomic E-state index is 10.6. The lowest BCUT2D eigenvalue weighted by Crippen LogP contribution is -2.41. The van der Waals surface area contributed by atoms with Crippen LogP contribution in [0.2, 0.25) is 0 Å². The van der Waals surface area contributed by atoms with Gasteiger partial charge in [-0.25, -0.2) is 9.59 Å². The van der Waals surface area contributed by atoms with Crippen molar-refractivity contribution in [1.29, 1.82) is 0 Å². The van der Waals surface area contributed by atoms with Gasteiger partial charge in [0, 0.05) is 6.42 Å². The first kappa shape index (κ1) is 9.94. The zero-order chi connectivity index (χ0) is 9.90. The van der Waals surface area contributed by atoms with E-state index in [9.17, 15) is 9.59 Å². The van der Waals surface area contributed by atoms with E-state index in [1.807, 2.05) is 0 Å². The summed E-state index contributed by atoms with van der Waals surface area (Å²) < 4.78 is 9.07. The predicted molar refractivity (Wildman–Crippen MR) is 42.0 cm³/mol. The van der Waals surface area contributed by atoms with E-state index in [1.54, 1.807) is 0 Å². The quantitative estimate of drug-likeness (QED) is 0.327. The van der Waals surface area contributed by atoms with Crippen molar-refractivity contribution in [1.82, 2.24) is 0 Å². The molecule has 0 spiro atoms. The Morgan fingerprint density at radius 2 is 1.69 bits per heavy atom. The molecule has 0 bridgehead atoms. The minimum Gasteiger partial charge on any atom is -0.400 e. The topological polar surface area (TPSA) is 105 Å². The van der Waals surface area contributed by atoms with Gasteiger partial charge in [-0.1, -0.05) is 0 Å². The van der Waals surface area contributed by atoms with E-state index in [0.29, 0.717) is 13.0 Å². The molecular weight excluding hydrogens is 176 g/mol. The lowest BCUT2D eigenvalue weighted by molar-refractivity contribution is -0.178. The number of carbonyl (C=O) groups excluding carboxylic acids is 2. The molecule has 1 rings (SSSR count). The van der Waals surface area contributed by atoms with E-state index in [1.165, 1.54) is 0 Å². The lowest BCUT2D eigenvalue weighted by Gasteiger charge is -2.19. The van der Waals surface area contributed by atoms with E-state index in [-0.39, 0.29) is 6.42 Å². The second-order valence-electron chi connectivity index (χ2n) is 2.84. The zero-order valence-electron chi connectivity index (χ0n) is 7.12. The number of rotatable bonds is 4. The minimum atomic E-state index is -1.57. The Morgan fingerprint density at radius 3 is 2.15 bits per heavy atom. The molecule has 0 aromatic heterocycles. The molecule has 0 saturated carbocycles. The first-order valence-electron chi connectivity index (χ1n) is 4.03. The maximum Gasteiger partial charge on any atom is 0.421 e. The molecule has 1 heterocycles. The van der Waals surface area contributed by atoms with Gasteiger partial charge < -0.3 is 15.2 Å². The third-order valence-electron chi connectivity index (χ3n) is 1.68. The Morgan fingerprint density at radius 1 is 1.15 bits per heavy atom. The molecule has 0 atom stereocenters. The molecule has 1 aliphatic rings. The highest BCUT2D eigenvalue weighted by Gasteiger charge is 2.44. The molecule has 74 valence electrons. The predicted octanol–water partition coefficient (Wildman–Crippen LogP) is -1.17. The Balaban J connectivity index is 2.40. The number of ether oxygens (including phenoxy) is 2. The molecule has 0 aromatic rings. The standard InChI is InChI=1S/C7H12N2O4/c8-4-2-1-3-7(9)12-5(10)6(11)13-7/h1-4,8-9H2. The van der Waals surface area contributed by atoms with Crippen molar-refractivity contribution in [2.24, 2.45) is 11.5 Å². The van der Waals surface area contributed by atoms with Crippen molar-refractivity contribution in [2.45, 2.75) is 25.2 Å². The first-order chi connectivity index (χ1) is 6.07. The Labute approximate surface area is 75.2 Å². The average Bonchev–Trinajstić information content (AvgIpc) is 2.27. The van der Waals surface area contributed by atoms with Crippen LogP contribution in [0, 0.1) is 0 Å². The number of nitrogens with two attached hydrogens (primary N) is 2. The van der Waals surface area contributed by atoms with Crippen LogP contribution in [0.3, 0.4) is 0 Å². The van der Waals surface area contributed by atoms with Crippen LogP contribution in [0.5, 0.6) is 0 Å². The van der Waals surface area contributed by atoms with Crippen molar-refractivity contribution in [3.63, 3.8) is 0 Å². The van der Waals surface area contributed by atoms with E-state index >= 15 is 0 Å². The maximum atomic E-state index is 10.6. The van der Waals surface area contributed by atoms with Crippen LogP contribution in [0.25, 0.3) is 0 Å². The summed E-state index contributed by atoms with van der Waals surface area (Å²) in [6, 6.07) is 0. The van der Waals surface area contributed by atoms with E-state index in [0.717, 1.165) is 6.42 Å². The summed E-state index contributed by atoms with van der Waals surface area (Å²) in [6.45, 7) is 0.526. The molecule has 1 aliphatic heterocycles. The molecule has 13 heavy (non-hydrogen) atoms. The SMILES string of the molecule is NCCCCC1(N)OC(=O)C(=O)O1. The van der Waals surface area contributed by atoms with Gasteiger partial charge in [-0.2, -0.15) is 0 Å². The van der Waals surface area contributed by atoms with Gasteiger partial charge in [0.15, 0.2) is 0 Å². The number of cyclic esters (lactones) is 2. The van der Waals surface area contributed by atoms with Crippen LogP contribution >= 0.6 is 0 Å². The highest BCUT2D eigenvalue weighted by Crippen LogP contribution is 2.21. The first-order valence-corrected chi connectivity index (χ1v) is 4.03. The van der Waals surface area contributed by atoms with Gasteiger partial charge in [0.05, 0.1) is 0 Å². The molecule has 1 saturated heterocycles. The van der Waals surface area contributed by atoms with E-state index in [2.05, 4.69) is 9.47 Å². The molecule has 4 N–H and O–H groups in total. The molecule has 6 nitrogen and oxygen atoms in total. The second-order valence-corrected chi connectivity index (χ2v) is 2.84. The van der Waals surface area contributed by atoms with Gasteiger partial charge in [0.2, 0.25) is 0 Å². The van der Waals surface area contributed by atoms with Crippen molar-refractivity contribution >= 4 is 11.9 Å². The summed E-state index contributed by atoms with van der Waals surface area (Å²) in [5.74, 6) is -3.63. The molecule has 0 aromatic carbocycles. The Hall–Kier alpha value is -1.14. The molecule has 0 amide bonds. The van der Waals surface area contributed by atoms with Crippen LogP contribution in [0.15, 0.2) is 0 Å². The average molecular weight is 188 g/mol. The molecule has 1 fully saturated rings. The number of esters is 2. The van der Waals surface area contributed by atoms with Crippen LogP contribution in [0.4, 0.5) is 0 Å². The van der Waals surface area contributed by atoms with Gasteiger partial charge >= 0.3 is 17.8 Å². The molecule has 0 radical (unpaired) electrons. The third kappa shape index (κ3) is 2.40. The Kier molecular flexibility index (Phi) is 2.84. The molecule has 0 unspecified atom stereocenters. The largest absolute Gasteiger partial charge is 0.421 e. The number of carbonyl (C=O) groups is 2. The Bertz CT molecular complexity index is 213. The minimum absolute atomic E-state index is 0.279. The summed E-state index contributed by atoms with van der Waals surface area (Å²) >= 11 is 0. The highest BCUT2D eigenvalue weighted by molar-refractivity contribution is 6.31. The van der Waals surface area contributed by atoms with Crippen LogP contribution in [-0.2, 0) is 19.1 Å². The van der Waals surface area contributed by atoms with Gasteiger partial charge in [0.1, 0.15) is 0 Å². The summed E-state index contributed by atoms with van der Waals surface area (Å²) in [7, 11) is 0. The fraction of sp³-hybridized carbons (Fsp3) is 0.714. The van der Waals surface area contributed by atoms with Gasteiger partial charge in [-0.3, -0.25) is 5.73 Å². The van der Waals surface area contributed by atoms with Crippen molar-refractivity contribution in [3.8, 4) is 0 Å². The van der Waals surface area contributed by atoms with Crippen LogP contribution < -0.4 is 11.5 Å². The lowest BCUT2D eigenvalue weighted by atomic mass is 10.2. The van der Waals surface area contributed by atoms with Gasteiger partial charge in [0.25, 0.3) is 0 Å². The fourth-order valence-corrected chi connectivity index (χ4v) is 1.04. The van der Waals surface area contributed by atoms with E-state index < -0.39 is 17.8 Å². The zero-order valence-corrected chi connectivity index (χ0v) is 7.12. The number of hydrogen-bond donors (Lipinski definition) is 2. The van der Waals surface area contributed by atoms with Crippen LogP contribution in [-0.4, -0.2) is 24.4 Å². The summed E-state index contributed by atoms with van der Waals surface area (Å²) in [5.41, 5.74) is 10.7. The number of unbranched alkanes of at least 4 members (excludes halogenated alkanes) is 1. The highest BCUT2D eigenvalue weighted by atomic mass is 16.8. The molecule has 6 heteroatoms. The summed E-state index contributed by atoms with van der Waals surface area (Å²) in [6.07, 6.45) is 1.67.